The lowest BCUT2D eigenvalue weighted by atomic mass is 10.2. The van der Waals surface area contributed by atoms with Gasteiger partial charge in [-0.3, -0.25) is 0 Å². The molecule has 0 fully saturated rings. The van der Waals surface area contributed by atoms with Crippen LogP contribution in [0.4, 0.5) is 0 Å². The van der Waals surface area contributed by atoms with Gasteiger partial charge in [0.05, 0.1) is 15.7 Å². The zero-order valence-corrected chi connectivity index (χ0v) is 10.6. The summed E-state index contributed by atoms with van der Waals surface area (Å²) in [6.07, 6.45) is 1.62. The van der Waals surface area contributed by atoms with Crippen molar-refractivity contribution < 1.29 is 5.11 Å². The number of aromatic nitrogens is 1. The van der Waals surface area contributed by atoms with Crippen molar-refractivity contribution in [3.8, 4) is 5.75 Å². The summed E-state index contributed by atoms with van der Waals surface area (Å²) >= 11 is 1.68. The number of phenols is 1. The van der Waals surface area contributed by atoms with E-state index < -0.39 is 0 Å². The van der Waals surface area contributed by atoms with E-state index in [1.54, 1.807) is 29.5 Å². The van der Waals surface area contributed by atoms with Crippen molar-refractivity contribution >= 4 is 27.6 Å². The van der Waals surface area contributed by atoms with Crippen LogP contribution in [0.25, 0.3) is 16.3 Å². The Labute approximate surface area is 110 Å². The van der Waals surface area contributed by atoms with E-state index in [-0.39, 0.29) is 5.75 Å². The summed E-state index contributed by atoms with van der Waals surface area (Å²) in [7, 11) is 0. The average Bonchev–Trinajstić information content (AvgIpc) is 2.88. The van der Waals surface area contributed by atoms with Gasteiger partial charge >= 0.3 is 0 Å². The van der Waals surface area contributed by atoms with E-state index in [1.165, 1.54) is 4.70 Å². The summed E-state index contributed by atoms with van der Waals surface area (Å²) in [4.78, 5) is 4.14. The van der Waals surface area contributed by atoms with Gasteiger partial charge in [-0.2, -0.15) is 0 Å². The topological polar surface area (TPSA) is 33.1 Å². The Morgan fingerprint density at radius 1 is 1.06 bits per heavy atom. The summed E-state index contributed by atoms with van der Waals surface area (Å²) < 4.78 is 1.26. The minimum Gasteiger partial charge on any atom is -0.507 e. The monoisotopic (exact) mass is 255 g/mol. The van der Waals surface area contributed by atoms with Gasteiger partial charge in [0.2, 0.25) is 0 Å². The fourth-order valence-corrected chi connectivity index (χ4v) is 2.14. The third-order valence-corrected chi connectivity index (χ3v) is 3.20. The van der Waals surface area contributed by atoms with Crippen LogP contribution in [-0.2, 0) is 0 Å². The maximum Gasteiger partial charge on any atom is 0.122 e. The third-order valence-electron chi connectivity index (χ3n) is 2.39. The number of hydrogen-bond acceptors (Lipinski definition) is 3. The Bertz CT molecular complexity index is 615. The normalized spacial score (nSPS) is 9.56. The quantitative estimate of drug-likeness (QED) is 0.702. The molecule has 1 aromatic heterocycles. The van der Waals surface area contributed by atoms with Crippen LogP contribution < -0.4 is 0 Å². The Morgan fingerprint density at radius 2 is 1.78 bits per heavy atom. The number of thiazole rings is 1. The highest BCUT2D eigenvalue weighted by atomic mass is 32.1. The number of rotatable bonds is 1. The molecule has 0 aliphatic rings. The highest BCUT2D eigenvalue weighted by molar-refractivity contribution is 7.16. The van der Waals surface area contributed by atoms with Crippen molar-refractivity contribution in [2.24, 2.45) is 0 Å². The summed E-state index contributed by atoms with van der Waals surface area (Å²) in [6.45, 7) is 3.53. The molecule has 2 aromatic carbocycles. The van der Waals surface area contributed by atoms with Crippen molar-refractivity contribution in [1.29, 1.82) is 0 Å². The largest absolute Gasteiger partial charge is 0.507 e. The summed E-state index contributed by atoms with van der Waals surface area (Å²) in [5, 5.41) is 9.04. The Balaban J connectivity index is 0.000000134. The van der Waals surface area contributed by atoms with Gasteiger partial charge in [-0.1, -0.05) is 43.0 Å². The molecular weight excluding hydrogens is 242 g/mol. The van der Waals surface area contributed by atoms with Crippen molar-refractivity contribution in [2.45, 2.75) is 0 Å². The highest BCUT2D eigenvalue weighted by Crippen LogP contribution is 2.16. The molecule has 0 saturated carbocycles. The van der Waals surface area contributed by atoms with Gasteiger partial charge in [0.25, 0.3) is 0 Å². The van der Waals surface area contributed by atoms with Gasteiger partial charge in [0.15, 0.2) is 0 Å². The van der Waals surface area contributed by atoms with E-state index in [0.29, 0.717) is 0 Å². The van der Waals surface area contributed by atoms with Crippen molar-refractivity contribution in [1.82, 2.24) is 4.98 Å². The molecule has 3 rings (SSSR count). The number of nitrogens with zero attached hydrogens (tertiary/aromatic N) is 1. The molecule has 90 valence electrons. The minimum atomic E-state index is 0.285. The van der Waals surface area contributed by atoms with Gasteiger partial charge in [-0.25, -0.2) is 4.98 Å². The minimum absolute atomic E-state index is 0.285. The highest BCUT2D eigenvalue weighted by Gasteiger charge is 1.90. The first-order valence-corrected chi connectivity index (χ1v) is 6.38. The van der Waals surface area contributed by atoms with Gasteiger partial charge in [0.1, 0.15) is 5.75 Å². The third kappa shape index (κ3) is 2.96. The first-order chi connectivity index (χ1) is 8.81. The number of phenolic OH excluding ortho intramolecular Hbond substituents is 1. The number of benzene rings is 2. The first-order valence-electron chi connectivity index (χ1n) is 5.50. The Morgan fingerprint density at radius 3 is 2.44 bits per heavy atom. The molecule has 0 aliphatic carbocycles. The molecule has 0 bridgehead atoms. The smallest absolute Gasteiger partial charge is 0.122 e. The van der Waals surface area contributed by atoms with E-state index in [9.17, 15) is 0 Å². The number of fused-ring (bicyclic) bond motifs is 1. The molecule has 0 spiro atoms. The molecule has 18 heavy (non-hydrogen) atoms. The molecule has 0 aliphatic heterocycles. The number of hydrogen-bond donors (Lipinski definition) is 1. The summed E-state index contributed by atoms with van der Waals surface area (Å²) in [6, 6.07) is 15.2. The molecule has 0 saturated heterocycles. The van der Waals surface area contributed by atoms with Crippen molar-refractivity contribution in [3.63, 3.8) is 0 Å². The zero-order chi connectivity index (χ0) is 12.8. The fraction of sp³-hybridized carbons (Fsp3) is 0. The molecular formula is C15H13NOS. The second-order valence-electron chi connectivity index (χ2n) is 3.58. The lowest BCUT2D eigenvalue weighted by molar-refractivity contribution is 0.474. The molecule has 0 unspecified atom stereocenters. The van der Waals surface area contributed by atoms with Gasteiger partial charge in [-0.15, -0.1) is 11.3 Å². The maximum absolute atomic E-state index is 9.04. The second kappa shape index (κ2) is 5.98. The van der Waals surface area contributed by atoms with Crippen LogP contribution in [-0.4, -0.2) is 10.1 Å². The number of aromatic hydroxyl groups is 1. The molecule has 0 radical (unpaired) electrons. The predicted octanol–water partition coefficient (Wildman–Crippen LogP) is 4.33. The zero-order valence-electron chi connectivity index (χ0n) is 9.78. The summed E-state index contributed by atoms with van der Waals surface area (Å²) in [5.74, 6) is 0.285. The second-order valence-corrected chi connectivity index (χ2v) is 4.47. The molecule has 2 nitrogen and oxygen atoms in total. The van der Waals surface area contributed by atoms with Crippen LogP contribution >= 0.6 is 11.3 Å². The average molecular weight is 255 g/mol. The Kier molecular flexibility index (Phi) is 4.10. The van der Waals surface area contributed by atoms with Crippen LogP contribution in [0.2, 0.25) is 0 Å². The molecule has 3 heteroatoms. The molecule has 0 amide bonds. The standard InChI is InChI=1S/C8H8O.C7H5NS/c1-2-7-5-3-4-6-8(7)9;1-2-4-7-6(3-1)8-5-9-7/h2-6,9H,1H2;1-5H. The van der Waals surface area contributed by atoms with E-state index in [4.69, 9.17) is 5.11 Å². The van der Waals surface area contributed by atoms with Crippen LogP contribution in [0, 0.1) is 0 Å². The number of para-hydroxylation sites is 2. The van der Waals surface area contributed by atoms with Gasteiger partial charge < -0.3 is 5.11 Å². The molecule has 0 atom stereocenters. The van der Waals surface area contributed by atoms with Crippen LogP contribution in [0.15, 0.2) is 60.6 Å². The predicted molar refractivity (Wildman–Crippen MR) is 77.8 cm³/mol. The lowest BCUT2D eigenvalue weighted by Crippen LogP contribution is -1.69. The van der Waals surface area contributed by atoms with Crippen LogP contribution in [0.3, 0.4) is 0 Å². The Hall–Kier alpha value is -2.13. The van der Waals surface area contributed by atoms with Crippen LogP contribution in [0.5, 0.6) is 5.75 Å². The van der Waals surface area contributed by atoms with E-state index >= 15 is 0 Å². The van der Waals surface area contributed by atoms with E-state index in [0.717, 1.165) is 11.1 Å². The first kappa shape index (κ1) is 12.3. The van der Waals surface area contributed by atoms with E-state index in [2.05, 4.69) is 17.6 Å². The van der Waals surface area contributed by atoms with Crippen molar-refractivity contribution in [2.75, 3.05) is 0 Å². The molecule has 1 heterocycles. The van der Waals surface area contributed by atoms with E-state index in [1.807, 2.05) is 35.8 Å². The fourth-order valence-electron chi connectivity index (χ4n) is 1.46. The lowest BCUT2D eigenvalue weighted by Gasteiger charge is -1.93. The summed E-state index contributed by atoms with van der Waals surface area (Å²) in [5.41, 5.74) is 3.74. The molecule has 1 N–H and O–H groups in total. The van der Waals surface area contributed by atoms with Gasteiger partial charge in [0, 0.05) is 5.56 Å². The maximum atomic E-state index is 9.04. The molecule has 3 aromatic rings. The SMILES string of the molecule is C=Cc1ccccc1O.c1ccc2scnc2c1. The van der Waals surface area contributed by atoms with Crippen LogP contribution in [0.1, 0.15) is 5.56 Å². The van der Waals surface area contributed by atoms with Crippen molar-refractivity contribution in [3.05, 3.63) is 66.2 Å². The van der Waals surface area contributed by atoms with Gasteiger partial charge in [-0.05, 0) is 18.2 Å².